The van der Waals surface area contributed by atoms with E-state index < -0.39 is 0 Å². The van der Waals surface area contributed by atoms with Crippen molar-refractivity contribution in [2.75, 3.05) is 19.0 Å². The van der Waals surface area contributed by atoms with E-state index in [0.717, 1.165) is 36.0 Å². The van der Waals surface area contributed by atoms with Gasteiger partial charge in [0.1, 0.15) is 5.82 Å². The largest absolute Gasteiger partial charge is 0.298 e. The molecule has 0 heterocycles. The lowest BCUT2D eigenvalue weighted by Gasteiger charge is -2.21. The van der Waals surface area contributed by atoms with Gasteiger partial charge in [-0.05, 0) is 31.2 Å². The molecule has 0 aliphatic carbocycles. The lowest BCUT2D eigenvalue weighted by Crippen LogP contribution is -2.27. The molecule has 0 aromatic heterocycles. The summed E-state index contributed by atoms with van der Waals surface area (Å²) < 4.78 is 14.5. The molecule has 0 amide bonds. The van der Waals surface area contributed by atoms with Gasteiger partial charge in [-0.2, -0.15) is 0 Å². The molecule has 0 aliphatic rings. The fraction of sp³-hybridized carbons (Fsp3) is 0.538. The van der Waals surface area contributed by atoms with Gasteiger partial charge in [0.2, 0.25) is 0 Å². The second kappa shape index (κ2) is 8.06. The first-order valence-electron chi connectivity index (χ1n) is 5.89. The first kappa shape index (κ1) is 14.9. The maximum Gasteiger partial charge on any atom is 0.127 e. The highest BCUT2D eigenvalue weighted by Gasteiger charge is 2.09. The van der Waals surface area contributed by atoms with Crippen molar-refractivity contribution in [1.82, 2.24) is 4.90 Å². The number of hydrogen-bond donors (Lipinski definition) is 0. The number of rotatable bonds is 7. The van der Waals surface area contributed by atoms with Crippen LogP contribution in [0.5, 0.6) is 0 Å². The maximum absolute atomic E-state index is 13.6. The highest BCUT2D eigenvalue weighted by atomic mass is 79.9. The third-order valence-corrected chi connectivity index (χ3v) is 3.29. The van der Waals surface area contributed by atoms with Gasteiger partial charge in [0.25, 0.3) is 0 Å². The van der Waals surface area contributed by atoms with Crippen LogP contribution in [0.3, 0.4) is 0 Å². The van der Waals surface area contributed by atoms with Crippen LogP contribution in [0.4, 0.5) is 4.39 Å². The summed E-state index contributed by atoms with van der Waals surface area (Å²) in [7, 11) is 0. The Morgan fingerprint density at radius 1 is 1.35 bits per heavy atom. The highest BCUT2D eigenvalue weighted by Crippen LogP contribution is 2.17. The number of alkyl halides is 1. The number of nitrogens with zero attached hydrogens (tertiary/aromatic N) is 1. The maximum atomic E-state index is 13.6. The molecular weight excluding hydrogens is 305 g/mol. The molecule has 4 heteroatoms. The highest BCUT2D eigenvalue weighted by molar-refractivity contribution is 9.10. The SMILES string of the molecule is CCCCN(CCCl)Cc1cc(Br)ccc1F. The third kappa shape index (κ3) is 5.36. The number of unbranched alkanes of at least 4 members (excludes halogenated alkanes) is 1. The Morgan fingerprint density at radius 3 is 2.76 bits per heavy atom. The van der Waals surface area contributed by atoms with Gasteiger partial charge < -0.3 is 0 Å². The summed E-state index contributed by atoms with van der Waals surface area (Å²) in [4.78, 5) is 2.20. The molecule has 0 atom stereocenters. The Morgan fingerprint density at radius 2 is 2.12 bits per heavy atom. The molecule has 0 bridgehead atoms. The van der Waals surface area contributed by atoms with E-state index in [1.807, 2.05) is 6.07 Å². The van der Waals surface area contributed by atoms with Crippen LogP contribution < -0.4 is 0 Å². The quantitative estimate of drug-likeness (QED) is 0.671. The van der Waals surface area contributed by atoms with E-state index in [-0.39, 0.29) is 5.82 Å². The van der Waals surface area contributed by atoms with Crippen molar-refractivity contribution in [3.63, 3.8) is 0 Å². The first-order chi connectivity index (χ1) is 8.17. The zero-order chi connectivity index (χ0) is 12.7. The predicted molar refractivity (Wildman–Crippen MR) is 75.0 cm³/mol. The minimum atomic E-state index is -0.149. The van der Waals surface area contributed by atoms with E-state index >= 15 is 0 Å². The Balaban J connectivity index is 2.67. The number of hydrogen-bond acceptors (Lipinski definition) is 1. The lowest BCUT2D eigenvalue weighted by molar-refractivity contribution is 0.273. The molecule has 1 aromatic carbocycles. The molecule has 96 valence electrons. The average Bonchev–Trinajstić information content (AvgIpc) is 2.31. The molecule has 1 rings (SSSR count). The van der Waals surface area contributed by atoms with Crippen molar-refractivity contribution in [3.05, 3.63) is 34.1 Å². The summed E-state index contributed by atoms with van der Waals surface area (Å²) in [5, 5.41) is 0. The molecule has 0 saturated heterocycles. The molecule has 0 saturated carbocycles. The summed E-state index contributed by atoms with van der Waals surface area (Å²) in [6, 6.07) is 5.05. The van der Waals surface area contributed by atoms with Gasteiger partial charge in [-0.25, -0.2) is 4.39 Å². The van der Waals surface area contributed by atoms with Crippen molar-refractivity contribution in [3.8, 4) is 0 Å². The Hall–Kier alpha value is -0.120. The van der Waals surface area contributed by atoms with Gasteiger partial charge in [-0.3, -0.25) is 4.90 Å². The molecule has 17 heavy (non-hydrogen) atoms. The van der Waals surface area contributed by atoms with E-state index in [1.165, 1.54) is 6.07 Å². The van der Waals surface area contributed by atoms with Gasteiger partial charge in [-0.1, -0.05) is 29.3 Å². The van der Waals surface area contributed by atoms with E-state index in [9.17, 15) is 4.39 Å². The number of benzene rings is 1. The Kier molecular flexibility index (Phi) is 7.09. The Bertz CT molecular complexity index is 346. The monoisotopic (exact) mass is 321 g/mol. The molecule has 0 N–H and O–H groups in total. The summed E-state index contributed by atoms with van der Waals surface area (Å²) >= 11 is 9.13. The fourth-order valence-corrected chi connectivity index (χ4v) is 2.32. The summed E-state index contributed by atoms with van der Waals surface area (Å²) in [5.41, 5.74) is 0.723. The van der Waals surface area contributed by atoms with E-state index in [2.05, 4.69) is 27.8 Å². The van der Waals surface area contributed by atoms with Crippen LogP contribution in [0.15, 0.2) is 22.7 Å². The Labute approximate surface area is 116 Å². The van der Waals surface area contributed by atoms with Crippen molar-refractivity contribution >= 4 is 27.5 Å². The normalized spacial score (nSPS) is 11.1. The van der Waals surface area contributed by atoms with Crippen LogP contribution in [-0.4, -0.2) is 23.9 Å². The van der Waals surface area contributed by atoms with E-state index in [4.69, 9.17) is 11.6 Å². The van der Waals surface area contributed by atoms with Gasteiger partial charge >= 0.3 is 0 Å². The van der Waals surface area contributed by atoms with Crippen LogP contribution in [0.1, 0.15) is 25.3 Å². The molecule has 0 aliphatic heterocycles. The molecule has 0 unspecified atom stereocenters. The summed E-state index contributed by atoms with van der Waals surface area (Å²) in [5.74, 6) is 0.434. The van der Waals surface area contributed by atoms with Crippen molar-refractivity contribution in [2.45, 2.75) is 26.3 Å². The summed E-state index contributed by atoms with van der Waals surface area (Å²) in [6.07, 6.45) is 2.26. The third-order valence-electron chi connectivity index (χ3n) is 2.63. The van der Waals surface area contributed by atoms with E-state index in [1.54, 1.807) is 6.07 Å². The second-order valence-electron chi connectivity index (χ2n) is 4.05. The topological polar surface area (TPSA) is 3.24 Å². The molecule has 1 aromatic rings. The van der Waals surface area contributed by atoms with Crippen molar-refractivity contribution in [1.29, 1.82) is 0 Å². The molecule has 1 nitrogen and oxygen atoms in total. The first-order valence-corrected chi connectivity index (χ1v) is 7.22. The average molecular weight is 323 g/mol. The van der Waals surface area contributed by atoms with Gasteiger partial charge in [0.05, 0.1) is 0 Å². The predicted octanol–water partition coefficient (Wildman–Crippen LogP) is 4.43. The summed E-state index contributed by atoms with van der Waals surface area (Å²) in [6.45, 7) is 4.54. The van der Waals surface area contributed by atoms with Crippen LogP contribution in [0.2, 0.25) is 0 Å². The molecular formula is C13H18BrClFN. The molecule has 0 radical (unpaired) electrons. The zero-order valence-corrected chi connectivity index (χ0v) is 12.4. The smallest absolute Gasteiger partial charge is 0.127 e. The van der Waals surface area contributed by atoms with Crippen molar-refractivity contribution in [2.24, 2.45) is 0 Å². The van der Waals surface area contributed by atoms with E-state index in [0.29, 0.717) is 12.4 Å². The fourth-order valence-electron chi connectivity index (χ4n) is 1.68. The molecule has 0 fully saturated rings. The van der Waals surface area contributed by atoms with Gasteiger partial charge in [0, 0.05) is 29.0 Å². The second-order valence-corrected chi connectivity index (χ2v) is 5.35. The van der Waals surface area contributed by atoms with Gasteiger partial charge in [0.15, 0.2) is 0 Å². The minimum absolute atomic E-state index is 0.149. The van der Waals surface area contributed by atoms with Crippen molar-refractivity contribution < 1.29 is 4.39 Å². The zero-order valence-electron chi connectivity index (χ0n) is 10.1. The standard InChI is InChI=1S/C13H18BrClFN/c1-2-3-7-17(8-6-15)10-11-9-12(14)4-5-13(11)16/h4-5,9H,2-3,6-8,10H2,1H3. The molecule has 0 spiro atoms. The van der Waals surface area contributed by atoms with Crippen LogP contribution >= 0.6 is 27.5 Å². The van der Waals surface area contributed by atoms with Crippen LogP contribution in [-0.2, 0) is 6.54 Å². The van der Waals surface area contributed by atoms with Gasteiger partial charge in [-0.15, -0.1) is 11.6 Å². The number of halogens is 3. The lowest BCUT2D eigenvalue weighted by atomic mass is 10.2. The van der Waals surface area contributed by atoms with Crippen LogP contribution in [0, 0.1) is 5.82 Å². The van der Waals surface area contributed by atoms with Crippen LogP contribution in [0.25, 0.3) is 0 Å². The minimum Gasteiger partial charge on any atom is -0.298 e.